The zero-order valence-electron chi connectivity index (χ0n) is 15.8. The van der Waals surface area contributed by atoms with Crippen molar-refractivity contribution < 1.29 is 14.3 Å². The number of nitrogens with zero attached hydrogens (tertiary/aromatic N) is 1. The van der Waals surface area contributed by atoms with Crippen molar-refractivity contribution in [3.8, 4) is 5.75 Å². The normalized spacial score (nSPS) is 29.2. The second-order valence-corrected chi connectivity index (χ2v) is 9.27. The molecular weight excluding hydrogens is 348 g/mol. The van der Waals surface area contributed by atoms with E-state index in [2.05, 4.69) is 30.7 Å². The summed E-state index contributed by atoms with van der Waals surface area (Å²) in [5, 5.41) is 0.727. The van der Waals surface area contributed by atoms with Gasteiger partial charge in [-0.05, 0) is 42.7 Å². The third-order valence-electron chi connectivity index (χ3n) is 6.98. The van der Waals surface area contributed by atoms with Gasteiger partial charge in [0.1, 0.15) is 11.9 Å². The van der Waals surface area contributed by atoms with Crippen molar-refractivity contribution in [1.29, 1.82) is 0 Å². The van der Waals surface area contributed by atoms with Crippen LogP contribution in [0.25, 0.3) is 11.0 Å². The van der Waals surface area contributed by atoms with Crippen LogP contribution in [0, 0.1) is 16.7 Å². The lowest BCUT2D eigenvalue weighted by molar-refractivity contribution is -0.153. The molecule has 140 valence electrons. The molecular formula is C20H26N2O3S. The van der Waals surface area contributed by atoms with Crippen LogP contribution in [-0.2, 0) is 9.53 Å². The summed E-state index contributed by atoms with van der Waals surface area (Å²) in [5.74, 6) is 1.57. The minimum atomic E-state index is -0.150. The molecule has 2 fully saturated rings. The van der Waals surface area contributed by atoms with Gasteiger partial charge < -0.3 is 14.5 Å². The number of fused-ring (bicyclic) bond motifs is 3. The molecule has 0 spiro atoms. The minimum Gasteiger partial charge on any atom is -0.497 e. The summed E-state index contributed by atoms with van der Waals surface area (Å²) in [7, 11) is 1.64. The van der Waals surface area contributed by atoms with Gasteiger partial charge in [0.2, 0.25) is 0 Å². The highest BCUT2D eigenvalue weighted by atomic mass is 32.2. The Balaban J connectivity index is 1.38. The van der Waals surface area contributed by atoms with Crippen LogP contribution >= 0.6 is 11.8 Å². The van der Waals surface area contributed by atoms with Crippen LogP contribution in [0.1, 0.15) is 40.0 Å². The number of methoxy groups -OCH3 is 1. The molecule has 3 atom stereocenters. The topological polar surface area (TPSA) is 64.2 Å². The Kier molecular flexibility index (Phi) is 4.21. The lowest BCUT2D eigenvalue weighted by Gasteiger charge is -2.38. The Morgan fingerprint density at radius 3 is 2.85 bits per heavy atom. The number of H-pyrrole nitrogens is 1. The molecule has 0 unspecified atom stereocenters. The van der Waals surface area contributed by atoms with Crippen molar-refractivity contribution in [2.24, 2.45) is 16.7 Å². The summed E-state index contributed by atoms with van der Waals surface area (Å²) in [6.45, 7) is 6.95. The van der Waals surface area contributed by atoms with Crippen LogP contribution < -0.4 is 4.74 Å². The number of carbonyl (C=O) groups excluding carboxylic acids is 1. The molecule has 4 rings (SSSR count). The zero-order chi connectivity index (χ0) is 18.5. The van der Waals surface area contributed by atoms with E-state index in [0.717, 1.165) is 34.8 Å². The van der Waals surface area contributed by atoms with E-state index in [0.29, 0.717) is 5.92 Å². The lowest BCUT2D eigenvalue weighted by Crippen LogP contribution is -2.38. The first kappa shape index (κ1) is 17.7. The third-order valence-corrected chi connectivity index (χ3v) is 7.83. The highest BCUT2D eigenvalue weighted by Gasteiger charge is 2.62. The number of benzene rings is 1. The van der Waals surface area contributed by atoms with Crippen LogP contribution in [-0.4, -0.2) is 34.9 Å². The van der Waals surface area contributed by atoms with Gasteiger partial charge in [-0.15, -0.1) is 0 Å². The van der Waals surface area contributed by atoms with E-state index in [-0.39, 0.29) is 28.7 Å². The van der Waals surface area contributed by atoms with E-state index in [9.17, 15) is 4.79 Å². The predicted molar refractivity (Wildman–Crippen MR) is 102 cm³/mol. The van der Waals surface area contributed by atoms with E-state index < -0.39 is 0 Å². The fourth-order valence-electron chi connectivity index (χ4n) is 4.79. The molecule has 2 aliphatic carbocycles. The second kappa shape index (κ2) is 6.19. The molecule has 0 amide bonds. The average Bonchev–Trinajstić information content (AvgIpc) is 3.18. The smallest absolute Gasteiger partial charge is 0.316 e. The molecule has 1 N–H and O–H groups in total. The molecule has 2 aromatic rings. The van der Waals surface area contributed by atoms with Gasteiger partial charge in [0.05, 0.1) is 23.9 Å². The summed E-state index contributed by atoms with van der Waals surface area (Å²) in [6.07, 6.45) is 3.46. The minimum absolute atomic E-state index is 0.0456. The monoisotopic (exact) mass is 374 g/mol. The number of aromatic nitrogens is 2. The Morgan fingerprint density at radius 2 is 2.19 bits per heavy atom. The van der Waals surface area contributed by atoms with Crippen LogP contribution in [0.5, 0.6) is 5.75 Å². The Morgan fingerprint density at radius 1 is 1.38 bits per heavy atom. The van der Waals surface area contributed by atoms with Gasteiger partial charge in [-0.2, -0.15) is 0 Å². The average molecular weight is 375 g/mol. The first-order valence-corrected chi connectivity index (χ1v) is 10.2. The van der Waals surface area contributed by atoms with Gasteiger partial charge in [0, 0.05) is 11.5 Å². The summed E-state index contributed by atoms with van der Waals surface area (Å²) in [5.41, 5.74) is 2.13. The third kappa shape index (κ3) is 2.70. The standard InChI is InChI=1S/C20H26N2O3S/c1-19(2)12-7-8-20(19,3)16(9-12)25-17(23)11-26-18-21-14-6-5-13(24-4)10-15(14)22-18/h5-6,10,12,16H,7-9,11H2,1-4H3,(H,21,22)/t12-,16-,20+/m1/s1. The van der Waals surface area contributed by atoms with Gasteiger partial charge >= 0.3 is 5.97 Å². The number of rotatable bonds is 5. The molecule has 2 bridgehead atoms. The Bertz CT molecular complexity index is 847. The van der Waals surface area contributed by atoms with Crippen molar-refractivity contribution in [3.63, 3.8) is 0 Å². The van der Waals surface area contributed by atoms with Gasteiger partial charge in [-0.1, -0.05) is 32.5 Å². The largest absolute Gasteiger partial charge is 0.497 e. The molecule has 0 radical (unpaired) electrons. The highest BCUT2D eigenvalue weighted by molar-refractivity contribution is 7.99. The molecule has 5 nitrogen and oxygen atoms in total. The van der Waals surface area contributed by atoms with E-state index in [1.165, 1.54) is 18.2 Å². The Labute approximate surface area is 158 Å². The molecule has 0 saturated heterocycles. The first-order chi connectivity index (χ1) is 12.3. The SMILES string of the molecule is COc1ccc2nc(SCC(=O)O[C@@H]3C[C@H]4CC[C@]3(C)C4(C)C)[nH]c2c1. The Hall–Kier alpha value is -1.69. The number of imidazole rings is 1. The molecule has 1 heterocycles. The van der Waals surface area contributed by atoms with Crippen molar-refractivity contribution >= 4 is 28.8 Å². The number of hydrogen-bond donors (Lipinski definition) is 1. The number of nitrogens with one attached hydrogen (secondary N) is 1. The molecule has 26 heavy (non-hydrogen) atoms. The van der Waals surface area contributed by atoms with Crippen LogP contribution in [0.3, 0.4) is 0 Å². The maximum atomic E-state index is 12.4. The van der Waals surface area contributed by atoms with E-state index in [1.54, 1.807) is 7.11 Å². The number of aromatic amines is 1. The molecule has 1 aromatic heterocycles. The summed E-state index contributed by atoms with van der Waals surface area (Å²) in [4.78, 5) is 20.2. The van der Waals surface area contributed by atoms with Crippen molar-refractivity contribution in [3.05, 3.63) is 18.2 Å². The summed E-state index contributed by atoms with van der Waals surface area (Å²) in [6, 6.07) is 5.69. The molecule has 1 aromatic carbocycles. The highest BCUT2D eigenvalue weighted by Crippen LogP contribution is 2.66. The fraction of sp³-hybridized carbons (Fsp3) is 0.600. The van der Waals surface area contributed by atoms with Gasteiger partial charge in [0.15, 0.2) is 5.16 Å². The van der Waals surface area contributed by atoms with Gasteiger partial charge in [-0.25, -0.2) is 4.98 Å². The number of carbonyl (C=O) groups is 1. The first-order valence-electron chi connectivity index (χ1n) is 9.19. The number of thioether (sulfide) groups is 1. The number of esters is 1. The summed E-state index contributed by atoms with van der Waals surface area (Å²) >= 11 is 1.39. The lowest BCUT2D eigenvalue weighted by atomic mass is 9.70. The van der Waals surface area contributed by atoms with Crippen molar-refractivity contribution in [1.82, 2.24) is 9.97 Å². The van der Waals surface area contributed by atoms with E-state index >= 15 is 0 Å². The van der Waals surface area contributed by atoms with Crippen LogP contribution in [0.15, 0.2) is 23.4 Å². The summed E-state index contributed by atoms with van der Waals surface area (Å²) < 4.78 is 11.1. The molecule has 2 saturated carbocycles. The van der Waals surface area contributed by atoms with Gasteiger partial charge in [-0.3, -0.25) is 4.79 Å². The number of hydrogen-bond acceptors (Lipinski definition) is 5. The molecule has 0 aliphatic heterocycles. The fourth-order valence-corrected chi connectivity index (χ4v) is 5.46. The zero-order valence-corrected chi connectivity index (χ0v) is 16.6. The molecule has 2 aliphatic rings. The van der Waals surface area contributed by atoms with E-state index in [1.807, 2.05) is 18.2 Å². The maximum Gasteiger partial charge on any atom is 0.316 e. The predicted octanol–water partition coefficient (Wildman–Crippen LogP) is 4.42. The maximum absolute atomic E-state index is 12.4. The quantitative estimate of drug-likeness (QED) is 0.620. The van der Waals surface area contributed by atoms with Crippen molar-refractivity contribution in [2.75, 3.05) is 12.9 Å². The molecule has 6 heteroatoms. The van der Waals surface area contributed by atoms with Crippen molar-refractivity contribution in [2.45, 2.75) is 51.3 Å². The van der Waals surface area contributed by atoms with E-state index in [4.69, 9.17) is 9.47 Å². The second-order valence-electron chi connectivity index (χ2n) is 8.30. The van der Waals surface area contributed by atoms with Crippen LogP contribution in [0.4, 0.5) is 0 Å². The van der Waals surface area contributed by atoms with Gasteiger partial charge in [0.25, 0.3) is 0 Å². The van der Waals surface area contributed by atoms with Crippen LogP contribution in [0.2, 0.25) is 0 Å². The number of ether oxygens (including phenoxy) is 2.